The first kappa shape index (κ1) is 15.8. The lowest BCUT2D eigenvalue weighted by atomic mass is 10.2. The number of nitrogens with zero attached hydrogens (tertiary/aromatic N) is 2. The standard InChI is InChI=1S/C17H22ClN3/c1-13(2)20-11-14-8-6-10-19-17(14)21(3)12-15-7-4-5-9-16(15)18/h4-10,13,20H,11-12H2,1-3H3. The van der Waals surface area contributed by atoms with Crippen LogP contribution in [0.15, 0.2) is 42.6 Å². The molecular formula is C17H22ClN3. The zero-order valence-electron chi connectivity index (χ0n) is 12.8. The van der Waals surface area contributed by atoms with Crippen molar-refractivity contribution < 1.29 is 0 Å². The normalized spacial score (nSPS) is 10.9. The number of hydrogen-bond acceptors (Lipinski definition) is 3. The van der Waals surface area contributed by atoms with Gasteiger partial charge in [0.2, 0.25) is 0 Å². The molecule has 112 valence electrons. The number of nitrogens with one attached hydrogen (secondary N) is 1. The van der Waals surface area contributed by atoms with E-state index in [-0.39, 0.29) is 0 Å². The van der Waals surface area contributed by atoms with E-state index in [2.05, 4.69) is 35.1 Å². The third-order valence-corrected chi connectivity index (χ3v) is 3.66. The number of aromatic nitrogens is 1. The first-order valence-corrected chi connectivity index (χ1v) is 7.57. The van der Waals surface area contributed by atoms with Gasteiger partial charge in [0.15, 0.2) is 0 Å². The molecule has 0 spiro atoms. The maximum absolute atomic E-state index is 6.24. The van der Waals surface area contributed by atoms with E-state index >= 15 is 0 Å². The summed E-state index contributed by atoms with van der Waals surface area (Å²) in [5.41, 5.74) is 2.30. The molecule has 4 heteroatoms. The van der Waals surface area contributed by atoms with Crippen molar-refractivity contribution in [3.63, 3.8) is 0 Å². The van der Waals surface area contributed by atoms with E-state index in [0.29, 0.717) is 6.04 Å². The van der Waals surface area contributed by atoms with E-state index in [0.717, 1.165) is 29.5 Å². The first-order chi connectivity index (χ1) is 10.1. The van der Waals surface area contributed by atoms with Crippen molar-refractivity contribution in [2.75, 3.05) is 11.9 Å². The number of anilines is 1. The molecule has 3 nitrogen and oxygen atoms in total. The van der Waals surface area contributed by atoms with Gasteiger partial charge in [-0.3, -0.25) is 0 Å². The Labute approximate surface area is 132 Å². The Hall–Kier alpha value is -1.58. The quantitative estimate of drug-likeness (QED) is 0.878. The maximum Gasteiger partial charge on any atom is 0.133 e. The van der Waals surface area contributed by atoms with Crippen LogP contribution in [0.1, 0.15) is 25.0 Å². The molecule has 0 atom stereocenters. The fourth-order valence-electron chi connectivity index (χ4n) is 2.18. The Kier molecular flexibility index (Phi) is 5.59. The van der Waals surface area contributed by atoms with Crippen molar-refractivity contribution in [1.29, 1.82) is 0 Å². The van der Waals surface area contributed by atoms with Gasteiger partial charge < -0.3 is 10.2 Å². The van der Waals surface area contributed by atoms with Crippen molar-refractivity contribution >= 4 is 17.4 Å². The topological polar surface area (TPSA) is 28.2 Å². The van der Waals surface area contributed by atoms with E-state index in [1.165, 1.54) is 5.56 Å². The number of pyridine rings is 1. The molecule has 0 saturated heterocycles. The van der Waals surface area contributed by atoms with Crippen molar-refractivity contribution in [2.45, 2.75) is 33.0 Å². The summed E-state index contributed by atoms with van der Waals surface area (Å²) in [6.07, 6.45) is 1.83. The molecule has 1 N–H and O–H groups in total. The van der Waals surface area contributed by atoms with Gasteiger partial charge in [-0.25, -0.2) is 4.98 Å². The molecule has 0 aliphatic rings. The Morgan fingerprint density at radius 2 is 1.86 bits per heavy atom. The molecule has 0 bridgehead atoms. The molecule has 0 aliphatic carbocycles. The van der Waals surface area contributed by atoms with Crippen LogP contribution in [0.3, 0.4) is 0 Å². The van der Waals surface area contributed by atoms with E-state index in [9.17, 15) is 0 Å². The van der Waals surface area contributed by atoms with Crippen LogP contribution in [0.5, 0.6) is 0 Å². The van der Waals surface area contributed by atoms with Crippen LogP contribution in [0.4, 0.5) is 5.82 Å². The van der Waals surface area contributed by atoms with E-state index < -0.39 is 0 Å². The molecule has 0 radical (unpaired) electrons. The average Bonchev–Trinajstić information content (AvgIpc) is 2.47. The lowest BCUT2D eigenvalue weighted by Gasteiger charge is -2.22. The molecule has 0 saturated carbocycles. The van der Waals surface area contributed by atoms with Crippen LogP contribution in [0.2, 0.25) is 5.02 Å². The van der Waals surface area contributed by atoms with E-state index in [1.807, 2.05) is 43.6 Å². The van der Waals surface area contributed by atoms with Gasteiger partial charge in [0, 0.05) is 43.0 Å². The Balaban J connectivity index is 2.15. The molecule has 0 unspecified atom stereocenters. The Morgan fingerprint density at radius 1 is 1.14 bits per heavy atom. The lowest BCUT2D eigenvalue weighted by molar-refractivity contribution is 0.587. The fraction of sp³-hybridized carbons (Fsp3) is 0.353. The second-order valence-electron chi connectivity index (χ2n) is 5.47. The minimum absolute atomic E-state index is 0.451. The van der Waals surface area contributed by atoms with Crippen LogP contribution in [-0.2, 0) is 13.1 Å². The zero-order chi connectivity index (χ0) is 15.2. The summed E-state index contributed by atoms with van der Waals surface area (Å²) in [4.78, 5) is 6.66. The predicted octanol–water partition coefficient (Wildman–Crippen LogP) is 3.87. The minimum Gasteiger partial charge on any atom is -0.355 e. The SMILES string of the molecule is CC(C)NCc1cccnc1N(C)Cc1ccccc1Cl. The molecule has 1 aromatic heterocycles. The molecule has 0 aliphatic heterocycles. The van der Waals surface area contributed by atoms with Crippen LogP contribution < -0.4 is 10.2 Å². The van der Waals surface area contributed by atoms with Gasteiger partial charge in [-0.05, 0) is 17.7 Å². The molecule has 2 aromatic rings. The van der Waals surface area contributed by atoms with Crippen molar-refractivity contribution in [1.82, 2.24) is 10.3 Å². The van der Waals surface area contributed by atoms with Gasteiger partial charge in [-0.15, -0.1) is 0 Å². The summed E-state index contributed by atoms with van der Waals surface area (Å²) < 4.78 is 0. The van der Waals surface area contributed by atoms with Gasteiger partial charge in [0.1, 0.15) is 5.82 Å². The lowest BCUT2D eigenvalue weighted by Crippen LogP contribution is -2.25. The van der Waals surface area contributed by atoms with Crippen molar-refractivity contribution in [3.05, 3.63) is 58.7 Å². The molecule has 2 rings (SSSR count). The average molecular weight is 304 g/mol. The summed E-state index contributed by atoms with van der Waals surface area (Å²) in [7, 11) is 2.05. The highest BCUT2D eigenvalue weighted by Crippen LogP contribution is 2.21. The Bertz CT molecular complexity index is 584. The molecule has 21 heavy (non-hydrogen) atoms. The van der Waals surface area contributed by atoms with Gasteiger partial charge in [-0.1, -0.05) is 49.7 Å². The van der Waals surface area contributed by atoms with Gasteiger partial charge >= 0.3 is 0 Å². The van der Waals surface area contributed by atoms with Gasteiger partial charge in [0.25, 0.3) is 0 Å². The van der Waals surface area contributed by atoms with Gasteiger partial charge in [0.05, 0.1) is 0 Å². The number of hydrogen-bond donors (Lipinski definition) is 1. The maximum atomic E-state index is 6.24. The molecule has 1 aromatic carbocycles. The number of halogens is 1. The third kappa shape index (κ3) is 4.45. The minimum atomic E-state index is 0.451. The predicted molar refractivity (Wildman–Crippen MR) is 89.8 cm³/mol. The second kappa shape index (κ2) is 7.43. The molecular weight excluding hydrogens is 282 g/mol. The zero-order valence-corrected chi connectivity index (χ0v) is 13.6. The molecule has 0 amide bonds. The highest BCUT2D eigenvalue weighted by Gasteiger charge is 2.10. The second-order valence-corrected chi connectivity index (χ2v) is 5.88. The molecule has 1 heterocycles. The summed E-state index contributed by atoms with van der Waals surface area (Å²) in [5.74, 6) is 0.991. The fourth-order valence-corrected chi connectivity index (χ4v) is 2.38. The van der Waals surface area contributed by atoms with E-state index in [1.54, 1.807) is 0 Å². The summed E-state index contributed by atoms with van der Waals surface area (Å²) in [6.45, 7) is 5.84. The van der Waals surface area contributed by atoms with E-state index in [4.69, 9.17) is 11.6 Å². The summed E-state index contributed by atoms with van der Waals surface area (Å²) in [5, 5.41) is 4.23. The van der Waals surface area contributed by atoms with Crippen LogP contribution in [0, 0.1) is 0 Å². The monoisotopic (exact) mass is 303 g/mol. The van der Waals surface area contributed by atoms with Crippen LogP contribution in [-0.4, -0.2) is 18.1 Å². The number of benzene rings is 1. The first-order valence-electron chi connectivity index (χ1n) is 7.19. The number of rotatable bonds is 6. The van der Waals surface area contributed by atoms with Crippen LogP contribution in [0.25, 0.3) is 0 Å². The Morgan fingerprint density at radius 3 is 2.57 bits per heavy atom. The highest BCUT2D eigenvalue weighted by molar-refractivity contribution is 6.31. The summed E-state index contributed by atoms with van der Waals surface area (Å²) >= 11 is 6.24. The highest BCUT2D eigenvalue weighted by atomic mass is 35.5. The van der Waals surface area contributed by atoms with Crippen molar-refractivity contribution in [2.24, 2.45) is 0 Å². The summed E-state index contributed by atoms with van der Waals surface area (Å²) in [6, 6.07) is 12.5. The molecule has 0 fully saturated rings. The van der Waals surface area contributed by atoms with Crippen molar-refractivity contribution in [3.8, 4) is 0 Å². The smallest absolute Gasteiger partial charge is 0.133 e. The van der Waals surface area contributed by atoms with Crippen LogP contribution >= 0.6 is 11.6 Å². The largest absolute Gasteiger partial charge is 0.355 e. The van der Waals surface area contributed by atoms with Gasteiger partial charge in [-0.2, -0.15) is 0 Å². The third-order valence-electron chi connectivity index (χ3n) is 3.30.